The van der Waals surface area contributed by atoms with Gasteiger partial charge in [0.1, 0.15) is 0 Å². The maximum Gasteiger partial charge on any atom is 0 e. The summed E-state index contributed by atoms with van der Waals surface area (Å²) in [6.45, 7) is 14.1. The van der Waals surface area contributed by atoms with Gasteiger partial charge in [0.2, 0.25) is 0 Å². The Morgan fingerprint density at radius 2 is 1.19 bits per heavy atom. The largest absolute Gasteiger partial charge is 0.642 e. The average molecular weight is 406 g/mol. The van der Waals surface area contributed by atoms with Crippen molar-refractivity contribution in [1.29, 1.82) is 0 Å². The van der Waals surface area contributed by atoms with Gasteiger partial charge >= 0.3 is 0 Å². The van der Waals surface area contributed by atoms with Gasteiger partial charge in [0.05, 0.1) is 0 Å². The average Bonchev–Trinajstić information content (AvgIpc) is 3.19. The maximum absolute atomic E-state index is 2.36. The number of rotatable bonds is 2. The molecule has 0 saturated carbocycles. The first-order chi connectivity index (χ1) is 11.7. The van der Waals surface area contributed by atoms with Crippen LogP contribution in [0.2, 0.25) is 0 Å². The normalized spacial score (nSPS) is 11.5. The number of hydrogen-bond donors (Lipinski definition) is 0. The molecule has 0 amide bonds. The molecule has 0 spiro atoms. The van der Waals surface area contributed by atoms with Gasteiger partial charge in [-0.3, -0.25) is 0 Å². The van der Waals surface area contributed by atoms with E-state index in [0.29, 0.717) is 10.3 Å². The minimum atomic E-state index is -0.101. The molecule has 0 fully saturated rings. The molecule has 26 heavy (non-hydrogen) atoms. The summed E-state index contributed by atoms with van der Waals surface area (Å²) in [5.41, 5.74) is 2.59. The molecule has 0 N–H and O–H groups in total. The van der Waals surface area contributed by atoms with Gasteiger partial charge in [-0.2, -0.15) is 24.3 Å². The minimum Gasteiger partial charge on any atom is -0.642 e. The SMILES string of the molecule is CC(C)(C)P([c-]1cccc1)C(C)(C)C.[Fe].c1ccc(-[c-]2[cH-][cH-][cH-][cH-]2)cc1. The summed E-state index contributed by atoms with van der Waals surface area (Å²) in [6.07, 6.45) is 0. The van der Waals surface area contributed by atoms with Crippen molar-refractivity contribution in [3.05, 3.63) is 78.9 Å². The van der Waals surface area contributed by atoms with E-state index in [1.54, 1.807) is 5.30 Å². The summed E-state index contributed by atoms with van der Waals surface area (Å²) >= 11 is 0. The monoisotopic (exact) mass is 406 g/mol. The summed E-state index contributed by atoms with van der Waals surface area (Å²) in [5, 5.41) is 2.32. The van der Waals surface area contributed by atoms with Crippen LogP contribution in [0.1, 0.15) is 41.5 Å². The van der Waals surface area contributed by atoms with E-state index in [1.165, 1.54) is 11.1 Å². The molecule has 0 nitrogen and oxygen atoms in total. The number of benzene rings is 1. The van der Waals surface area contributed by atoms with Crippen LogP contribution >= 0.6 is 7.92 Å². The molecule has 0 heterocycles. The second kappa shape index (κ2) is 9.70. The maximum atomic E-state index is 2.36. The van der Waals surface area contributed by atoms with E-state index in [-0.39, 0.29) is 25.0 Å². The van der Waals surface area contributed by atoms with Crippen LogP contribution < -0.4 is 5.30 Å². The van der Waals surface area contributed by atoms with Gasteiger partial charge in [-0.05, 0) is 10.3 Å². The molecule has 3 aromatic rings. The summed E-state index contributed by atoms with van der Waals surface area (Å²) < 4.78 is 0. The topological polar surface area (TPSA) is 0 Å². The molecule has 0 aliphatic rings. The zero-order valence-electron chi connectivity index (χ0n) is 16.8. The Balaban J connectivity index is 0.000000256. The molecule has 0 radical (unpaired) electrons. The molecule has 3 aromatic carbocycles. The molecule has 0 aliphatic carbocycles. The van der Waals surface area contributed by atoms with Crippen molar-refractivity contribution in [2.24, 2.45) is 0 Å². The predicted molar refractivity (Wildman–Crippen MR) is 116 cm³/mol. The summed E-state index contributed by atoms with van der Waals surface area (Å²) in [5.74, 6) is 0. The fourth-order valence-corrected chi connectivity index (χ4v) is 7.52. The standard InChI is InChI=1S/C13H22P.C11H9.Fe/c1-12(2,3)14(13(4,5)6)11-9-7-8-10-11;1-2-6-10(7-3-1)11-8-4-5-9-11;/h7-10H,1-6H3;1-9H;/q-1;-5;. The van der Waals surface area contributed by atoms with Crippen LogP contribution in [0.25, 0.3) is 11.1 Å². The first-order valence-corrected chi connectivity index (χ1v) is 10.3. The third-order valence-corrected chi connectivity index (χ3v) is 7.51. The van der Waals surface area contributed by atoms with Crippen LogP contribution in [-0.4, -0.2) is 10.3 Å². The first-order valence-electron chi connectivity index (χ1n) is 8.99. The molecular weight excluding hydrogens is 375 g/mol. The van der Waals surface area contributed by atoms with Crippen molar-refractivity contribution in [2.75, 3.05) is 0 Å². The fraction of sp³-hybridized carbons (Fsp3) is 0.333. The van der Waals surface area contributed by atoms with Crippen LogP contribution in [-0.2, 0) is 17.1 Å². The quantitative estimate of drug-likeness (QED) is 0.240. The molecule has 146 valence electrons. The summed E-state index contributed by atoms with van der Waals surface area (Å²) in [7, 11) is -0.101. The van der Waals surface area contributed by atoms with Crippen LogP contribution in [0.15, 0.2) is 78.9 Å². The third kappa shape index (κ3) is 6.55. The molecule has 0 bridgehead atoms. The van der Waals surface area contributed by atoms with Crippen molar-refractivity contribution in [2.45, 2.75) is 51.9 Å². The zero-order valence-corrected chi connectivity index (χ0v) is 18.8. The smallest absolute Gasteiger partial charge is 0 e. The van der Waals surface area contributed by atoms with E-state index in [2.05, 4.69) is 114 Å². The Hall–Kier alpha value is -1.13. The molecule has 0 unspecified atom stereocenters. The van der Waals surface area contributed by atoms with Gasteiger partial charge in [0.15, 0.2) is 0 Å². The van der Waals surface area contributed by atoms with Gasteiger partial charge in [0.25, 0.3) is 0 Å². The van der Waals surface area contributed by atoms with Crippen LogP contribution in [0.3, 0.4) is 0 Å². The summed E-state index contributed by atoms with van der Waals surface area (Å²) in [6, 6.07) is 27.6. The Morgan fingerprint density at radius 1 is 0.731 bits per heavy atom. The van der Waals surface area contributed by atoms with E-state index in [9.17, 15) is 0 Å². The Kier molecular flexibility index (Phi) is 8.55. The van der Waals surface area contributed by atoms with Gasteiger partial charge in [-0.25, -0.2) is 12.1 Å². The Morgan fingerprint density at radius 3 is 1.62 bits per heavy atom. The Bertz CT molecular complexity index is 697. The molecule has 3 rings (SSSR count). The van der Waals surface area contributed by atoms with Gasteiger partial charge in [-0.1, -0.05) is 41.5 Å². The van der Waals surface area contributed by atoms with E-state index in [0.717, 1.165) is 0 Å². The predicted octanol–water partition coefficient (Wildman–Crippen LogP) is 7.18. The van der Waals surface area contributed by atoms with Crippen molar-refractivity contribution < 1.29 is 17.1 Å². The molecule has 2 heteroatoms. The van der Waals surface area contributed by atoms with Crippen LogP contribution in [0, 0.1) is 0 Å². The van der Waals surface area contributed by atoms with Crippen LogP contribution in [0.4, 0.5) is 0 Å². The third-order valence-electron chi connectivity index (χ3n) is 4.01. The fourth-order valence-electron chi connectivity index (χ4n) is 3.49. The molecule has 0 atom stereocenters. The van der Waals surface area contributed by atoms with E-state index in [1.807, 2.05) is 6.07 Å². The van der Waals surface area contributed by atoms with Gasteiger partial charge in [-0.15, -0.1) is 19.3 Å². The van der Waals surface area contributed by atoms with Crippen molar-refractivity contribution >= 4 is 13.2 Å². The van der Waals surface area contributed by atoms with Gasteiger partial charge < -0.3 is 47.5 Å². The second-order valence-electron chi connectivity index (χ2n) is 8.36. The van der Waals surface area contributed by atoms with E-state index in [4.69, 9.17) is 0 Å². The molecule has 0 saturated heterocycles. The van der Waals surface area contributed by atoms with Crippen molar-refractivity contribution in [3.63, 3.8) is 0 Å². The van der Waals surface area contributed by atoms with Crippen molar-refractivity contribution in [1.82, 2.24) is 0 Å². The number of hydrogen-bond acceptors (Lipinski definition) is 0. The van der Waals surface area contributed by atoms with Crippen LogP contribution in [0.5, 0.6) is 0 Å². The van der Waals surface area contributed by atoms with E-state index < -0.39 is 0 Å². The van der Waals surface area contributed by atoms with Gasteiger partial charge in [0, 0.05) is 17.1 Å². The Labute approximate surface area is 172 Å². The van der Waals surface area contributed by atoms with E-state index >= 15 is 0 Å². The minimum absolute atomic E-state index is 0. The summed E-state index contributed by atoms with van der Waals surface area (Å²) in [4.78, 5) is 0. The molecule has 0 aliphatic heterocycles. The second-order valence-corrected chi connectivity index (χ2v) is 12.2. The molecule has 0 aromatic heterocycles. The zero-order chi connectivity index (χ0) is 18.5. The van der Waals surface area contributed by atoms with Crippen molar-refractivity contribution in [3.8, 4) is 11.1 Å². The molecular formula is C24H31FeP-6. The first kappa shape index (κ1) is 22.9.